The first-order valence-electron chi connectivity index (χ1n) is 6.99. The Bertz CT molecular complexity index is 370. The van der Waals surface area contributed by atoms with Crippen LogP contribution in [0.3, 0.4) is 0 Å². The van der Waals surface area contributed by atoms with E-state index in [2.05, 4.69) is 37.8 Å². The van der Waals surface area contributed by atoms with Gasteiger partial charge in [0.2, 0.25) is 0 Å². The Morgan fingerprint density at radius 3 is 2.33 bits per heavy atom. The van der Waals surface area contributed by atoms with E-state index in [0.29, 0.717) is 12.0 Å². The fourth-order valence-electron chi connectivity index (χ4n) is 2.79. The summed E-state index contributed by atoms with van der Waals surface area (Å²) in [5, 5.41) is 0. The molecule has 0 saturated carbocycles. The van der Waals surface area contributed by atoms with E-state index in [1.807, 2.05) is 11.3 Å². The Balaban J connectivity index is 1.83. The van der Waals surface area contributed by atoms with Crippen LogP contribution in [0.2, 0.25) is 0 Å². The Labute approximate surface area is 115 Å². The van der Waals surface area contributed by atoms with Gasteiger partial charge >= 0.3 is 0 Å². The average Bonchev–Trinajstić information content (AvgIpc) is 2.76. The van der Waals surface area contributed by atoms with E-state index in [4.69, 9.17) is 5.73 Å². The molecule has 0 aromatic carbocycles. The first-order chi connectivity index (χ1) is 8.49. The SMILES string of the molecule is CC(C)(C)C1CCN(Cc2ccc(CN)s2)CC1. The standard InChI is InChI=1S/C15H26N2S/c1-15(2,3)12-6-8-17(9-7-12)11-14-5-4-13(10-16)18-14/h4-5,12H,6-11,16H2,1-3H3. The molecule has 0 radical (unpaired) electrons. The highest BCUT2D eigenvalue weighted by Gasteiger charge is 2.28. The molecule has 1 aromatic rings. The predicted molar refractivity (Wildman–Crippen MR) is 79.7 cm³/mol. The highest BCUT2D eigenvalue weighted by Crippen LogP contribution is 2.34. The van der Waals surface area contributed by atoms with Crippen LogP contribution in [0.4, 0.5) is 0 Å². The molecule has 1 fully saturated rings. The fourth-order valence-corrected chi connectivity index (χ4v) is 3.73. The lowest BCUT2D eigenvalue weighted by Gasteiger charge is -2.38. The zero-order chi connectivity index (χ0) is 13.2. The number of piperidine rings is 1. The Kier molecular flexibility index (Phi) is 4.46. The van der Waals surface area contributed by atoms with Crippen LogP contribution < -0.4 is 5.73 Å². The van der Waals surface area contributed by atoms with Crippen LogP contribution in [0, 0.1) is 11.3 Å². The van der Waals surface area contributed by atoms with E-state index in [0.717, 1.165) is 12.5 Å². The molecule has 0 atom stereocenters. The highest BCUT2D eigenvalue weighted by atomic mass is 32.1. The van der Waals surface area contributed by atoms with E-state index in [9.17, 15) is 0 Å². The summed E-state index contributed by atoms with van der Waals surface area (Å²) in [7, 11) is 0. The number of nitrogens with two attached hydrogens (primary N) is 1. The number of nitrogens with zero attached hydrogens (tertiary/aromatic N) is 1. The molecule has 0 unspecified atom stereocenters. The summed E-state index contributed by atoms with van der Waals surface area (Å²) in [5.74, 6) is 0.886. The van der Waals surface area contributed by atoms with Crippen LogP contribution in [0.25, 0.3) is 0 Å². The fraction of sp³-hybridized carbons (Fsp3) is 0.733. The van der Waals surface area contributed by atoms with Gasteiger partial charge in [0, 0.05) is 22.8 Å². The molecular formula is C15H26N2S. The zero-order valence-electron chi connectivity index (χ0n) is 11.9. The van der Waals surface area contributed by atoms with Gasteiger partial charge in [-0.3, -0.25) is 4.90 Å². The average molecular weight is 266 g/mol. The molecule has 102 valence electrons. The summed E-state index contributed by atoms with van der Waals surface area (Å²) in [5.41, 5.74) is 6.13. The van der Waals surface area contributed by atoms with Crippen molar-refractivity contribution in [3.05, 3.63) is 21.9 Å². The van der Waals surface area contributed by atoms with Gasteiger partial charge in [-0.25, -0.2) is 0 Å². The Hall–Kier alpha value is -0.380. The van der Waals surface area contributed by atoms with Crippen molar-refractivity contribution in [3.63, 3.8) is 0 Å². The number of thiophene rings is 1. The minimum absolute atomic E-state index is 0.474. The van der Waals surface area contributed by atoms with Crippen molar-refractivity contribution in [2.45, 2.75) is 46.7 Å². The number of likely N-dealkylation sites (tertiary alicyclic amines) is 1. The van der Waals surface area contributed by atoms with E-state index < -0.39 is 0 Å². The molecule has 3 heteroatoms. The van der Waals surface area contributed by atoms with Gasteiger partial charge in [0.25, 0.3) is 0 Å². The normalized spacial score (nSPS) is 19.3. The third-order valence-corrected chi connectivity index (χ3v) is 5.20. The first-order valence-corrected chi connectivity index (χ1v) is 7.80. The van der Waals surface area contributed by atoms with Gasteiger partial charge in [0.1, 0.15) is 0 Å². The van der Waals surface area contributed by atoms with Gasteiger partial charge in [0.05, 0.1) is 0 Å². The monoisotopic (exact) mass is 266 g/mol. The molecular weight excluding hydrogens is 240 g/mol. The maximum absolute atomic E-state index is 5.66. The van der Waals surface area contributed by atoms with Gasteiger partial charge in [-0.1, -0.05) is 20.8 Å². The van der Waals surface area contributed by atoms with E-state index in [1.54, 1.807) is 0 Å². The number of rotatable bonds is 3. The maximum atomic E-state index is 5.66. The van der Waals surface area contributed by atoms with Crippen LogP contribution in [-0.4, -0.2) is 18.0 Å². The largest absolute Gasteiger partial charge is 0.326 e. The lowest BCUT2D eigenvalue weighted by atomic mass is 9.75. The summed E-state index contributed by atoms with van der Waals surface area (Å²) in [6.07, 6.45) is 2.69. The van der Waals surface area contributed by atoms with Gasteiger partial charge in [-0.15, -0.1) is 11.3 Å². The van der Waals surface area contributed by atoms with Crippen LogP contribution >= 0.6 is 11.3 Å². The summed E-state index contributed by atoms with van der Waals surface area (Å²) < 4.78 is 0. The van der Waals surface area contributed by atoms with Gasteiger partial charge in [-0.05, 0) is 49.4 Å². The molecule has 2 N–H and O–H groups in total. The molecule has 1 aromatic heterocycles. The van der Waals surface area contributed by atoms with Gasteiger partial charge in [0.15, 0.2) is 0 Å². The predicted octanol–water partition coefficient (Wildman–Crippen LogP) is 3.46. The molecule has 2 nitrogen and oxygen atoms in total. The zero-order valence-corrected chi connectivity index (χ0v) is 12.7. The van der Waals surface area contributed by atoms with Crippen LogP contribution in [-0.2, 0) is 13.1 Å². The molecule has 1 aliphatic heterocycles. The van der Waals surface area contributed by atoms with Crippen molar-refractivity contribution in [2.75, 3.05) is 13.1 Å². The van der Waals surface area contributed by atoms with Crippen LogP contribution in [0.5, 0.6) is 0 Å². The minimum atomic E-state index is 0.474. The summed E-state index contributed by atoms with van der Waals surface area (Å²) in [6.45, 7) is 11.4. The second-order valence-electron chi connectivity index (χ2n) is 6.49. The van der Waals surface area contributed by atoms with Crippen molar-refractivity contribution in [2.24, 2.45) is 17.1 Å². The lowest BCUT2D eigenvalue weighted by Crippen LogP contribution is -2.37. The Morgan fingerprint density at radius 2 is 1.83 bits per heavy atom. The van der Waals surface area contributed by atoms with Crippen molar-refractivity contribution in [1.82, 2.24) is 4.90 Å². The number of hydrogen-bond acceptors (Lipinski definition) is 3. The van der Waals surface area contributed by atoms with Crippen molar-refractivity contribution in [3.8, 4) is 0 Å². The number of hydrogen-bond donors (Lipinski definition) is 1. The molecule has 0 amide bonds. The van der Waals surface area contributed by atoms with E-state index >= 15 is 0 Å². The van der Waals surface area contributed by atoms with Crippen molar-refractivity contribution >= 4 is 11.3 Å². The molecule has 18 heavy (non-hydrogen) atoms. The third-order valence-electron chi connectivity index (χ3n) is 4.11. The van der Waals surface area contributed by atoms with Gasteiger partial charge < -0.3 is 5.73 Å². The minimum Gasteiger partial charge on any atom is -0.326 e. The van der Waals surface area contributed by atoms with Crippen LogP contribution in [0.15, 0.2) is 12.1 Å². The van der Waals surface area contributed by atoms with Crippen molar-refractivity contribution in [1.29, 1.82) is 0 Å². The van der Waals surface area contributed by atoms with Gasteiger partial charge in [-0.2, -0.15) is 0 Å². The first kappa shape index (κ1) is 14.0. The maximum Gasteiger partial charge on any atom is 0.0328 e. The third kappa shape index (κ3) is 3.56. The molecule has 2 rings (SSSR count). The van der Waals surface area contributed by atoms with Crippen LogP contribution in [0.1, 0.15) is 43.4 Å². The quantitative estimate of drug-likeness (QED) is 0.908. The summed E-state index contributed by atoms with van der Waals surface area (Å²) in [6, 6.07) is 4.41. The lowest BCUT2D eigenvalue weighted by molar-refractivity contribution is 0.109. The van der Waals surface area contributed by atoms with Crippen molar-refractivity contribution < 1.29 is 0 Å². The van der Waals surface area contributed by atoms with E-state index in [-0.39, 0.29) is 0 Å². The molecule has 1 saturated heterocycles. The molecule has 0 spiro atoms. The van der Waals surface area contributed by atoms with E-state index in [1.165, 1.54) is 35.7 Å². The molecule has 2 heterocycles. The second kappa shape index (κ2) is 5.72. The molecule has 0 bridgehead atoms. The summed E-state index contributed by atoms with van der Waals surface area (Å²) in [4.78, 5) is 5.35. The molecule has 1 aliphatic rings. The Morgan fingerprint density at radius 1 is 1.22 bits per heavy atom. The topological polar surface area (TPSA) is 29.3 Å². The molecule has 0 aliphatic carbocycles. The summed E-state index contributed by atoms with van der Waals surface area (Å²) >= 11 is 1.87. The highest BCUT2D eigenvalue weighted by molar-refractivity contribution is 7.11. The smallest absolute Gasteiger partial charge is 0.0328 e. The second-order valence-corrected chi connectivity index (χ2v) is 7.74.